The summed E-state index contributed by atoms with van der Waals surface area (Å²) in [4.78, 5) is 8.36. The Hall–Kier alpha value is -1.17. The summed E-state index contributed by atoms with van der Waals surface area (Å²) in [5, 5.41) is -0.732. The van der Waals surface area contributed by atoms with Crippen LogP contribution in [0.25, 0.3) is 0 Å². The largest absolute Gasteiger partial charge is 0.383 e. The molecule has 1 aromatic rings. The van der Waals surface area contributed by atoms with Crippen molar-refractivity contribution in [1.29, 1.82) is 0 Å². The average Bonchev–Trinajstić information content (AvgIpc) is 2.13. The van der Waals surface area contributed by atoms with E-state index in [1.54, 1.807) is 6.92 Å². The molecule has 0 saturated carbocycles. The molecule has 2 N–H and O–H groups in total. The van der Waals surface area contributed by atoms with Crippen molar-refractivity contribution in [2.75, 3.05) is 12.0 Å². The maximum absolute atomic E-state index is 11.5. The van der Waals surface area contributed by atoms with Crippen molar-refractivity contribution < 1.29 is 8.42 Å². The van der Waals surface area contributed by atoms with Crippen LogP contribution in [0.4, 0.5) is 5.82 Å². The van der Waals surface area contributed by atoms with Gasteiger partial charge in [0.15, 0.2) is 9.84 Å². The topological polar surface area (TPSA) is 85.9 Å². The molecule has 1 unspecified atom stereocenters. The Kier molecular flexibility index (Phi) is 3.76. The molecular weight excluding hydrogens is 238 g/mol. The molecule has 0 amide bonds. The third-order valence-electron chi connectivity index (χ3n) is 2.77. The first-order valence-corrected chi connectivity index (χ1v) is 7.42. The van der Waals surface area contributed by atoms with Crippen molar-refractivity contribution in [2.24, 2.45) is 0 Å². The van der Waals surface area contributed by atoms with Crippen molar-refractivity contribution in [1.82, 2.24) is 9.97 Å². The summed E-state index contributed by atoms with van der Waals surface area (Å²) < 4.78 is 22.9. The van der Waals surface area contributed by atoms with Gasteiger partial charge in [-0.15, -0.1) is 0 Å². The number of rotatable bonds is 3. The van der Waals surface area contributed by atoms with Gasteiger partial charge in [0.25, 0.3) is 0 Å². The quantitative estimate of drug-likeness (QED) is 0.888. The van der Waals surface area contributed by atoms with Crippen LogP contribution in [0.3, 0.4) is 0 Å². The molecule has 0 aliphatic heterocycles. The zero-order valence-electron chi connectivity index (χ0n) is 10.9. The third kappa shape index (κ3) is 2.94. The molecule has 0 aromatic carbocycles. The van der Waals surface area contributed by atoms with Crippen LogP contribution in [0, 0.1) is 6.92 Å². The molecule has 0 saturated heterocycles. The number of hydrogen-bond acceptors (Lipinski definition) is 5. The van der Waals surface area contributed by atoms with Gasteiger partial charge < -0.3 is 5.73 Å². The number of nitrogens with two attached hydrogens (primary N) is 1. The highest BCUT2D eigenvalue weighted by Gasteiger charge is 2.22. The molecule has 1 rings (SSSR count). The number of nitrogen functional groups attached to an aromatic ring is 1. The fraction of sp³-hybridized carbons (Fsp3) is 0.636. The first-order chi connectivity index (χ1) is 7.64. The lowest BCUT2D eigenvalue weighted by molar-refractivity contribution is 0.589. The molecule has 0 spiro atoms. The van der Waals surface area contributed by atoms with E-state index in [9.17, 15) is 8.42 Å². The van der Waals surface area contributed by atoms with E-state index in [1.165, 1.54) is 6.26 Å². The minimum Gasteiger partial charge on any atom is -0.383 e. The van der Waals surface area contributed by atoms with Crippen LogP contribution in [-0.2, 0) is 9.84 Å². The van der Waals surface area contributed by atoms with Gasteiger partial charge in [-0.2, -0.15) is 0 Å². The summed E-state index contributed by atoms with van der Waals surface area (Å²) in [6.07, 6.45) is 1.17. The van der Waals surface area contributed by atoms with Crippen LogP contribution in [0.2, 0.25) is 0 Å². The Morgan fingerprint density at radius 3 is 2.06 bits per heavy atom. The first kappa shape index (κ1) is 13.9. The Morgan fingerprint density at radius 2 is 1.71 bits per heavy atom. The maximum atomic E-state index is 11.5. The zero-order chi connectivity index (χ0) is 13.4. The molecule has 96 valence electrons. The average molecular weight is 257 g/mol. The Bertz CT molecular complexity index is 501. The molecule has 1 aromatic heterocycles. The molecule has 17 heavy (non-hydrogen) atoms. The minimum atomic E-state index is -3.20. The van der Waals surface area contributed by atoms with Crippen molar-refractivity contribution in [3.05, 3.63) is 17.1 Å². The molecule has 5 nitrogen and oxygen atoms in total. The highest BCUT2D eigenvalue weighted by Crippen LogP contribution is 2.26. The smallest absolute Gasteiger partial charge is 0.157 e. The number of anilines is 1. The third-order valence-corrected chi connectivity index (χ3v) is 4.26. The van der Waals surface area contributed by atoms with Gasteiger partial charge in [0.05, 0.1) is 0 Å². The summed E-state index contributed by atoms with van der Waals surface area (Å²) in [7, 11) is -3.20. The van der Waals surface area contributed by atoms with E-state index in [-0.39, 0.29) is 11.7 Å². The number of aryl methyl sites for hydroxylation is 1. The number of sulfone groups is 1. The summed E-state index contributed by atoms with van der Waals surface area (Å²) in [6, 6.07) is 0. The van der Waals surface area contributed by atoms with Gasteiger partial charge in [0.2, 0.25) is 0 Å². The van der Waals surface area contributed by atoms with Crippen LogP contribution >= 0.6 is 0 Å². The van der Waals surface area contributed by atoms with Gasteiger partial charge in [0.1, 0.15) is 16.9 Å². The minimum absolute atomic E-state index is 0.220. The Labute approximate surface area is 102 Å². The number of nitrogens with zero attached hydrogens (tertiary/aromatic N) is 2. The molecule has 0 bridgehead atoms. The second kappa shape index (κ2) is 4.60. The predicted molar refractivity (Wildman–Crippen MR) is 68.5 cm³/mol. The molecule has 0 aliphatic rings. The highest BCUT2D eigenvalue weighted by atomic mass is 32.2. The molecule has 0 radical (unpaired) electrons. The van der Waals surface area contributed by atoms with Gasteiger partial charge in [0, 0.05) is 17.5 Å². The first-order valence-electron chi connectivity index (χ1n) is 5.47. The number of hydrogen-bond donors (Lipinski definition) is 1. The summed E-state index contributed by atoms with van der Waals surface area (Å²) >= 11 is 0. The Balaban J connectivity index is 3.34. The van der Waals surface area contributed by atoms with E-state index < -0.39 is 15.1 Å². The zero-order valence-corrected chi connectivity index (χ0v) is 11.7. The molecule has 1 heterocycles. The van der Waals surface area contributed by atoms with Crippen molar-refractivity contribution >= 4 is 15.7 Å². The lowest BCUT2D eigenvalue weighted by atomic mass is 10.0. The van der Waals surface area contributed by atoms with Crippen molar-refractivity contribution in [3.63, 3.8) is 0 Å². The summed E-state index contributed by atoms with van der Waals surface area (Å²) in [5.41, 5.74) is 7.49. The van der Waals surface area contributed by atoms with Gasteiger partial charge in [-0.3, -0.25) is 0 Å². The summed E-state index contributed by atoms with van der Waals surface area (Å²) in [6.45, 7) is 7.40. The van der Waals surface area contributed by atoms with Crippen LogP contribution in [0.1, 0.15) is 49.0 Å². The predicted octanol–water partition coefficient (Wildman–Crippen LogP) is 1.60. The van der Waals surface area contributed by atoms with Crippen LogP contribution in [0.15, 0.2) is 0 Å². The van der Waals surface area contributed by atoms with E-state index in [2.05, 4.69) is 9.97 Å². The summed E-state index contributed by atoms with van der Waals surface area (Å²) in [5.74, 6) is 0.863. The van der Waals surface area contributed by atoms with Crippen molar-refractivity contribution in [2.45, 2.75) is 38.9 Å². The molecule has 0 aliphatic carbocycles. The molecule has 0 fully saturated rings. The molecular formula is C11H19N3O2S. The van der Waals surface area contributed by atoms with E-state index in [4.69, 9.17) is 5.73 Å². The standard InChI is InChI=1S/C11H19N3O2S/c1-6(2)9-7(3)13-11(14-10(9)12)8(4)17(5,15)16/h6,8H,1-5H3,(H2,12,13,14). The lowest BCUT2D eigenvalue weighted by Gasteiger charge is -2.15. The fourth-order valence-corrected chi connectivity index (χ4v) is 2.20. The molecule has 6 heteroatoms. The van der Waals surface area contributed by atoms with Crippen LogP contribution < -0.4 is 5.73 Å². The van der Waals surface area contributed by atoms with E-state index in [1.807, 2.05) is 20.8 Å². The number of aromatic nitrogens is 2. The van der Waals surface area contributed by atoms with E-state index in [0.29, 0.717) is 5.82 Å². The van der Waals surface area contributed by atoms with Crippen LogP contribution in [-0.4, -0.2) is 24.6 Å². The van der Waals surface area contributed by atoms with Crippen LogP contribution in [0.5, 0.6) is 0 Å². The lowest BCUT2D eigenvalue weighted by Crippen LogP contribution is -2.15. The normalized spacial score (nSPS) is 14.0. The second-order valence-electron chi connectivity index (χ2n) is 4.59. The van der Waals surface area contributed by atoms with Crippen molar-refractivity contribution in [3.8, 4) is 0 Å². The second-order valence-corrected chi connectivity index (χ2v) is 6.96. The van der Waals surface area contributed by atoms with E-state index >= 15 is 0 Å². The maximum Gasteiger partial charge on any atom is 0.157 e. The van der Waals surface area contributed by atoms with Gasteiger partial charge >= 0.3 is 0 Å². The van der Waals surface area contributed by atoms with Gasteiger partial charge in [-0.1, -0.05) is 13.8 Å². The monoisotopic (exact) mass is 257 g/mol. The fourth-order valence-electron chi connectivity index (χ4n) is 1.71. The highest BCUT2D eigenvalue weighted by molar-refractivity contribution is 7.90. The molecule has 1 atom stereocenters. The van der Waals surface area contributed by atoms with Gasteiger partial charge in [-0.05, 0) is 19.8 Å². The van der Waals surface area contributed by atoms with Gasteiger partial charge in [-0.25, -0.2) is 18.4 Å². The SMILES string of the molecule is Cc1nc(C(C)S(C)(=O)=O)nc(N)c1C(C)C. The Morgan fingerprint density at radius 1 is 1.18 bits per heavy atom. The van der Waals surface area contributed by atoms with E-state index in [0.717, 1.165) is 11.3 Å².